The van der Waals surface area contributed by atoms with Crippen molar-refractivity contribution in [3.05, 3.63) is 29.3 Å². The van der Waals surface area contributed by atoms with Gasteiger partial charge in [-0.2, -0.15) is 0 Å². The first-order valence-corrected chi connectivity index (χ1v) is 8.51. The number of carbonyl (C=O) groups excluding carboxylic acids is 2. The van der Waals surface area contributed by atoms with E-state index >= 15 is 0 Å². The van der Waals surface area contributed by atoms with Crippen LogP contribution in [0.3, 0.4) is 0 Å². The second kappa shape index (κ2) is 7.62. The molecule has 1 aliphatic heterocycles. The van der Waals surface area contributed by atoms with E-state index in [4.69, 9.17) is 0 Å². The predicted molar refractivity (Wildman–Crippen MR) is 93.5 cm³/mol. The van der Waals surface area contributed by atoms with Gasteiger partial charge in [0.2, 0.25) is 11.8 Å². The van der Waals surface area contributed by atoms with E-state index in [1.165, 1.54) is 12.0 Å². The zero-order valence-electron chi connectivity index (χ0n) is 14.8. The molecular formula is C19H28N2O2. The van der Waals surface area contributed by atoms with Gasteiger partial charge in [-0.15, -0.1) is 0 Å². The molecule has 2 amide bonds. The minimum absolute atomic E-state index is 0.0203. The number of carbonyl (C=O) groups is 2. The van der Waals surface area contributed by atoms with Crippen LogP contribution in [0.25, 0.3) is 0 Å². The molecule has 0 spiro atoms. The van der Waals surface area contributed by atoms with Crippen molar-refractivity contribution in [2.45, 2.75) is 47.0 Å². The molecule has 1 fully saturated rings. The van der Waals surface area contributed by atoms with Crippen LogP contribution in [0.2, 0.25) is 0 Å². The standard InChI is InChI=1S/C19H28N2O2/c1-14-6-5-10-20(13-14)19(23)9-11-21(17(4)22)18-8-7-15(2)16(3)12-18/h7-8,12,14H,5-6,9-11,13H2,1-4H3. The summed E-state index contributed by atoms with van der Waals surface area (Å²) in [7, 11) is 0. The fraction of sp³-hybridized carbons (Fsp3) is 0.579. The van der Waals surface area contributed by atoms with Crippen molar-refractivity contribution in [3.8, 4) is 0 Å². The second-order valence-corrected chi connectivity index (χ2v) is 6.78. The first kappa shape index (κ1) is 17.5. The van der Waals surface area contributed by atoms with E-state index in [1.807, 2.05) is 30.0 Å². The molecule has 0 aliphatic carbocycles. The lowest BCUT2D eigenvalue weighted by atomic mass is 10.00. The molecule has 1 atom stereocenters. The Labute approximate surface area is 139 Å². The number of hydrogen-bond donors (Lipinski definition) is 0. The third-order valence-corrected chi connectivity index (χ3v) is 4.74. The van der Waals surface area contributed by atoms with Gasteiger partial charge >= 0.3 is 0 Å². The Morgan fingerprint density at radius 2 is 2.00 bits per heavy atom. The van der Waals surface area contributed by atoms with E-state index in [0.717, 1.165) is 30.8 Å². The van der Waals surface area contributed by atoms with Crippen LogP contribution in [0.15, 0.2) is 18.2 Å². The van der Waals surface area contributed by atoms with Crippen molar-refractivity contribution in [2.75, 3.05) is 24.5 Å². The minimum Gasteiger partial charge on any atom is -0.342 e. The Morgan fingerprint density at radius 1 is 1.26 bits per heavy atom. The zero-order valence-corrected chi connectivity index (χ0v) is 14.8. The summed E-state index contributed by atoms with van der Waals surface area (Å²) < 4.78 is 0. The number of rotatable bonds is 4. The van der Waals surface area contributed by atoms with Gasteiger partial charge in [-0.3, -0.25) is 9.59 Å². The van der Waals surface area contributed by atoms with E-state index in [9.17, 15) is 9.59 Å². The monoisotopic (exact) mass is 316 g/mol. The summed E-state index contributed by atoms with van der Waals surface area (Å²) in [5.41, 5.74) is 3.24. The lowest BCUT2D eigenvalue weighted by Crippen LogP contribution is -2.41. The molecule has 0 aromatic heterocycles. The molecule has 1 aromatic rings. The maximum atomic E-state index is 12.4. The van der Waals surface area contributed by atoms with Crippen molar-refractivity contribution in [3.63, 3.8) is 0 Å². The van der Waals surface area contributed by atoms with Crippen LogP contribution in [0.4, 0.5) is 5.69 Å². The number of benzene rings is 1. The fourth-order valence-electron chi connectivity index (χ4n) is 3.14. The number of likely N-dealkylation sites (tertiary alicyclic amines) is 1. The zero-order chi connectivity index (χ0) is 17.0. The average molecular weight is 316 g/mol. The molecule has 0 radical (unpaired) electrons. The van der Waals surface area contributed by atoms with Gasteiger partial charge < -0.3 is 9.80 Å². The van der Waals surface area contributed by atoms with Crippen molar-refractivity contribution in [2.24, 2.45) is 5.92 Å². The molecule has 23 heavy (non-hydrogen) atoms. The molecule has 0 N–H and O–H groups in total. The maximum absolute atomic E-state index is 12.4. The van der Waals surface area contributed by atoms with Gasteiger partial charge in [0, 0.05) is 38.7 Å². The van der Waals surface area contributed by atoms with E-state index in [0.29, 0.717) is 18.9 Å². The summed E-state index contributed by atoms with van der Waals surface area (Å²) in [4.78, 5) is 28.1. The van der Waals surface area contributed by atoms with Gasteiger partial charge in [0.25, 0.3) is 0 Å². The Hall–Kier alpha value is -1.84. The highest BCUT2D eigenvalue weighted by Crippen LogP contribution is 2.20. The van der Waals surface area contributed by atoms with Crippen LogP contribution in [0, 0.1) is 19.8 Å². The minimum atomic E-state index is -0.0203. The van der Waals surface area contributed by atoms with E-state index in [1.54, 1.807) is 11.8 Å². The third-order valence-electron chi connectivity index (χ3n) is 4.74. The van der Waals surface area contributed by atoms with Crippen LogP contribution in [0.1, 0.15) is 44.2 Å². The highest BCUT2D eigenvalue weighted by atomic mass is 16.2. The highest BCUT2D eigenvalue weighted by molar-refractivity contribution is 5.92. The summed E-state index contributed by atoms with van der Waals surface area (Å²) >= 11 is 0. The highest BCUT2D eigenvalue weighted by Gasteiger charge is 2.22. The molecule has 0 saturated carbocycles. The van der Waals surface area contributed by atoms with E-state index < -0.39 is 0 Å². The average Bonchev–Trinajstić information content (AvgIpc) is 2.50. The normalized spacial score (nSPS) is 17.9. The summed E-state index contributed by atoms with van der Waals surface area (Å²) in [5.74, 6) is 0.719. The number of nitrogens with zero attached hydrogens (tertiary/aromatic N) is 2. The van der Waals surface area contributed by atoms with Gasteiger partial charge in [-0.05, 0) is 55.9 Å². The van der Waals surface area contributed by atoms with Gasteiger partial charge in [-0.1, -0.05) is 13.0 Å². The van der Waals surface area contributed by atoms with Crippen molar-refractivity contribution >= 4 is 17.5 Å². The van der Waals surface area contributed by atoms with E-state index in [2.05, 4.69) is 13.8 Å². The van der Waals surface area contributed by atoms with Crippen molar-refractivity contribution in [1.29, 1.82) is 0 Å². The van der Waals surface area contributed by atoms with Gasteiger partial charge in [-0.25, -0.2) is 0 Å². The van der Waals surface area contributed by atoms with Crippen LogP contribution in [-0.4, -0.2) is 36.3 Å². The summed E-state index contributed by atoms with van der Waals surface area (Å²) in [6, 6.07) is 6.00. The number of piperidine rings is 1. The summed E-state index contributed by atoms with van der Waals surface area (Å²) in [5, 5.41) is 0. The molecule has 4 heteroatoms. The molecule has 1 heterocycles. The summed E-state index contributed by atoms with van der Waals surface area (Å²) in [6.07, 6.45) is 2.67. The Kier molecular flexibility index (Phi) is 5.80. The third kappa shape index (κ3) is 4.57. The van der Waals surface area contributed by atoms with Crippen LogP contribution < -0.4 is 4.90 Å². The molecule has 1 aromatic carbocycles. The van der Waals surface area contributed by atoms with Gasteiger partial charge in [0.1, 0.15) is 0 Å². The molecule has 126 valence electrons. The first-order valence-electron chi connectivity index (χ1n) is 8.51. The smallest absolute Gasteiger partial charge is 0.224 e. The van der Waals surface area contributed by atoms with Crippen LogP contribution >= 0.6 is 0 Å². The fourth-order valence-corrected chi connectivity index (χ4v) is 3.14. The lowest BCUT2D eigenvalue weighted by Gasteiger charge is -2.31. The number of anilines is 1. The van der Waals surface area contributed by atoms with Gasteiger partial charge in [0.05, 0.1) is 0 Å². The molecule has 0 bridgehead atoms. The Bertz CT molecular complexity index is 583. The van der Waals surface area contributed by atoms with Crippen LogP contribution in [-0.2, 0) is 9.59 Å². The van der Waals surface area contributed by atoms with Crippen molar-refractivity contribution in [1.82, 2.24) is 4.90 Å². The largest absolute Gasteiger partial charge is 0.342 e. The Morgan fingerprint density at radius 3 is 2.61 bits per heavy atom. The Balaban J connectivity index is 2.01. The number of aryl methyl sites for hydroxylation is 2. The number of hydrogen-bond acceptors (Lipinski definition) is 2. The van der Waals surface area contributed by atoms with Crippen LogP contribution in [0.5, 0.6) is 0 Å². The quantitative estimate of drug-likeness (QED) is 0.855. The van der Waals surface area contributed by atoms with Crippen molar-refractivity contribution < 1.29 is 9.59 Å². The predicted octanol–water partition coefficient (Wildman–Crippen LogP) is 3.30. The molecule has 4 nitrogen and oxygen atoms in total. The summed E-state index contributed by atoms with van der Waals surface area (Å²) in [6.45, 7) is 9.99. The second-order valence-electron chi connectivity index (χ2n) is 6.78. The topological polar surface area (TPSA) is 40.6 Å². The lowest BCUT2D eigenvalue weighted by molar-refractivity contribution is -0.132. The molecular weight excluding hydrogens is 288 g/mol. The molecule has 2 rings (SSSR count). The maximum Gasteiger partial charge on any atom is 0.224 e. The van der Waals surface area contributed by atoms with Gasteiger partial charge in [0.15, 0.2) is 0 Å². The molecule has 1 unspecified atom stereocenters. The molecule has 1 aliphatic rings. The first-order chi connectivity index (χ1) is 10.9. The molecule has 1 saturated heterocycles. The SMILES string of the molecule is CC(=O)N(CCC(=O)N1CCCC(C)C1)c1ccc(C)c(C)c1. The van der Waals surface area contributed by atoms with E-state index in [-0.39, 0.29) is 11.8 Å². The number of amides is 2.